The van der Waals surface area contributed by atoms with Gasteiger partial charge in [0.05, 0.1) is 17.9 Å². The molecule has 1 N–H and O–H groups in total. The van der Waals surface area contributed by atoms with Crippen molar-refractivity contribution in [1.29, 1.82) is 0 Å². The Kier molecular flexibility index (Phi) is 5.26. The summed E-state index contributed by atoms with van der Waals surface area (Å²) in [5.41, 5.74) is 1.09. The van der Waals surface area contributed by atoms with Crippen LogP contribution < -0.4 is 5.32 Å². The van der Waals surface area contributed by atoms with Crippen molar-refractivity contribution in [1.82, 2.24) is 10.3 Å². The van der Waals surface area contributed by atoms with E-state index in [-0.39, 0.29) is 17.9 Å². The predicted molar refractivity (Wildman–Crippen MR) is 80.3 cm³/mol. The van der Waals surface area contributed by atoms with Gasteiger partial charge in [-0.25, -0.2) is 8.78 Å². The summed E-state index contributed by atoms with van der Waals surface area (Å²) in [5, 5.41) is 3.69. The van der Waals surface area contributed by atoms with Crippen molar-refractivity contribution in [3.05, 3.63) is 64.4 Å². The highest BCUT2D eigenvalue weighted by Gasteiger charge is 2.18. The van der Waals surface area contributed by atoms with Crippen LogP contribution in [0.5, 0.6) is 0 Å². The molecule has 112 valence electrons. The molecule has 0 aliphatic rings. The number of nitrogens with zero attached hydrogens (tertiary/aromatic N) is 1. The molecule has 0 aliphatic heterocycles. The Balaban J connectivity index is 2.30. The molecule has 1 atom stereocenters. The van der Waals surface area contributed by atoms with Gasteiger partial charge < -0.3 is 5.32 Å². The lowest BCUT2D eigenvalue weighted by molar-refractivity contribution is 0.457. The molecule has 21 heavy (non-hydrogen) atoms. The van der Waals surface area contributed by atoms with E-state index >= 15 is 0 Å². The van der Waals surface area contributed by atoms with Gasteiger partial charge in [0.25, 0.3) is 0 Å². The van der Waals surface area contributed by atoms with E-state index in [9.17, 15) is 8.78 Å². The minimum absolute atomic E-state index is 0.174. The molecule has 0 fully saturated rings. The minimum Gasteiger partial charge on any atom is -0.306 e. The normalized spacial score (nSPS) is 12.7. The molecule has 1 aromatic heterocycles. The molecule has 5 heteroatoms. The summed E-state index contributed by atoms with van der Waals surface area (Å²) in [7, 11) is 0. The maximum Gasteiger partial charge on any atom is 0.141 e. The third-order valence-corrected chi connectivity index (χ3v) is 3.47. The van der Waals surface area contributed by atoms with Gasteiger partial charge in [0.15, 0.2) is 0 Å². The van der Waals surface area contributed by atoms with Crippen LogP contribution in [-0.2, 0) is 6.42 Å². The van der Waals surface area contributed by atoms with Crippen molar-refractivity contribution in [2.75, 3.05) is 0 Å². The van der Waals surface area contributed by atoms with Crippen molar-refractivity contribution in [3.8, 4) is 0 Å². The number of hydrogen-bond acceptors (Lipinski definition) is 2. The van der Waals surface area contributed by atoms with Crippen molar-refractivity contribution in [3.63, 3.8) is 0 Å². The molecule has 2 aromatic rings. The second-order valence-corrected chi connectivity index (χ2v) is 5.59. The molecule has 1 heterocycles. The zero-order chi connectivity index (χ0) is 15.4. The molecule has 1 aromatic carbocycles. The van der Waals surface area contributed by atoms with Crippen LogP contribution in [0.15, 0.2) is 36.5 Å². The lowest BCUT2D eigenvalue weighted by Crippen LogP contribution is -2.30. The molecule has 2 rings (SSSR count). The first-order chi connectivity index (χ1) is 9.97. The Bertz CT molecular complexity index is 579. The Morgan fingerprint density at radius 2 is 1.95 bits per heavy atom. The Labute approximate surface area is 128 Å². The third kappa shape index (κ3) is 4.22. The number of halogens is 3. The molecule has 0 radical (unpaired) electrons. The second kappa shape index (κ2) is 6.96. The van der Waals surface area contributed by atoms with Crippen LogP contribution >= 0.6 is 11.6 Å². The minimum atomic E-state index is -0.397. The lowest BCUT2D eigenvalue weighted by Gasteiger charge is -2.21. The number of hydrogen-bond donors (Lipinski definition) is 1. The van der Waals surface area contributed by atoms with Gasteiger partial charge in [-0.15, -0.1) is 0 Å². The summed E-state index contributed by atoms with van der Waals surface area (Å²) >= 11 is 6.07. The van der Waals surface area contributed by atoms with Crippen molar-refractivity contribution < 1.29 is 8.78 Å². The highest BCUT2D eigenvalue weighted by molar-refractivity contribution is 6.31. The van der Waals surface area contributed by atoms with Gasteiger partial charge in [-0.1, -0.05) is 31.5 Å². The fraction of sp³-hybridized carbons (Fsp3) is 0.312. The second-order valence-electron chi connectivity index (χ2n) is 5.18. The number of benzene rings is 1. The number of aromatic nitrogens is 1. The zero-order valence-corrected chi connectivity index (χ0v) is 12.7. The average molecular weight is 311 g/mol. The van der Waals surface area contributed by atoms with Crippen LogP contribution in [0.4, 0.5) is 8.78 Å². The largest absolute Gasteiger partial charge is 0.306 e. The van der Waals surface area contributed by atoms with E-state index in [4.69, 9.17) is 11.6 Å². The van der Waals surface area contributed by atoms with Gasteiger partial charge in [0, 0.05) is 16.6 Å². The van der Waals surface area contributed by atoms with E-state index in [2.05, 4.69) is 10.3 Å². The molecule has 0 bridgehead atoms. The third-order valence-electron chi connectivity index (χ3n) is 3.11. The lowest BCUT2D eigenvalue weighted by atomic mass is 10.0. The number of pyridine rings is 1. The zero-order valence-electron chi connectivity index (χ0n) is 11.9. The van der Waals surface area contributed by atoms with Crippen LogP contribution in [0.3, 0.4) is 0 Å². The van der Waals surface area contributed by atoms with Gasteiger partial charge >= 0.3 is 0 Å². The molecule has 0 amide bonds. The van der Waals surface area contributed by atoms with E-state index in [1.165, 1.54) is 12.1 Å². The van der Waals surface area contributed by atoms with E-state index in [0.29, 0.717) is 22.7 Å². The van der Waals surface area contributed by atoms with Crippen molar-refractivity contribution >= 4 is 11.6 Å². The summed E-state index contributed by atoms with van der Waals surface area (Å²) in [5.74, 6) is -0.744. The van der Waals surface area contributed by atoms with Crippen LogP contribution in [-0.4, -0.2) is 11.0 Å². The Morgan fingerprint density at radius 1 is 1.19 bits per heavy atom. The molecule has 2 nitrogen and oxygen atoms in total. The van der Waals surface area contributed by atoms with Gasteiger partial charge in [0.1, 0.15) is 11.6 Å². The Hall–Kier alpha value is -1.52. The van der Waals surface area contributed by atoms with Gasteiger partial charge in [0.2, 0.25) is 0 Å². The topological polar surface area (TPSA) is 24.9 Å². The summed E-state index contributed by atoms with van der Waals surface area (Å²) in [6.07, 6.45) is 1.51. The molecular formula is C16H17ClF2N2. The fourth-order valence-corrected chi connectivity index (χ4v) is 2.42. The first-order valence-corrected chi connectivity index (χ1v) is 7.15. The SMILES string of the molecule is CC(C)NC(Cc1c(F)cccc1Cl)c1ccc(F)cn1. The number of rotatable bonds is 5. The summed E-state index contributed by atoms with van der Waals surface area (Å²) in [4.78, 5) is 4.08. The van der Waals surface area contributed by atoms with Crippen molar-refractivity contribution in [2.24, 2.45) is 0 Å². The fourth-order valence-electron chi connectivity index (χ4n) is 2.18. The highest BCUT2D eigenvalue weighted by atomic mass is 35.5. The van der Waals surface area contributed by atoms with Crippen molar-refractivity contribution in [2.45, 2.75) is 32.4 Å². The van der Waals surface area contributed by atoms with E-state index in [0.717, 1.165) is 6.20 Å². The van der Waals surface area contributed by atoms with E-state index in [1.54, 1.807) is 18.2 Å². The highest BCUT2D eigenvalue weighted by Crippen LogP contribution is 2.25. The first-order valence-electron chi connectivity index (χ1n) is 6.77. The molecular weight excluding hydrogens is 294 g/mol. The van der Waals surface area contributed by atoms with Crippen LogP contribution in [0.1, 0.15) is 31.1 Å². The molecule has 0 saturated carbocycles. The summed E-state index contributed by atoms with van der Waals surface area (Å²) < 4.78 is 26.9. The van der Waals surface area contributed by atoms with Gasteiger partial charge in [-0.3, -0.25) is 4.98 Å². The predicted octanol–water partition coefficient (Wildman–Crippen LogP) is 4.30. The molecule has 0 spiro atoms. The van der Waals surface area contributed by atoms with Crippen LogP contribution in [0.25, 0.3) is 0 Å². The first kappa shape index (κ1) is 15.9. The molecule has 1 unspecified atom stereocenters. The smallest absolute Gasteiger partial charge is 0.141 e. The maximum absolute atomic E-state index is 13.9. The van der Waals surface area contributed by atoms with E-state index in [1.807, 2.05) is 13.8 Å². The quantitative estimate of drug-likeness (QED) is 0.891. The van der Waals surface area contributed by atoms with Gasteiger partial charge in [-0.05, 0) is 30.7 Å². The van der Waals surface area contributed by atoms with E-state index < -0.39 is 5.82 Å². The Morgan fingerprint density at radius 3 is 2.52 bits per heavy atom. The standard InChI is InChI=1S/C16H17ClF2N2/c1-10(2)21-16(15-7-6-11(18)9-20-15)8-12-13(17)4-3-5-14(12)19/h3-7,9-10,16,21H,8H2,1-2H3. The molecule has 0 saturated heterocycles. The number of nitrogens with one attached hydrogen (secondary N) is 1. The monoisotopic (exact) mass is 310 g/mol. The summed E-state index contributed by atoms with van der Waals surface area (Å²) in [6, 6.07) is 7.50. The van der Waals surface area contributed by atoms with Crippen LogP contribution in [0.2, 0.25) is 5.02 Å². The molecule has 0 aliphatic carbocycles. The summed E-state index contributed by atoms with van der Waals surface area (Å²) in [6.45, 7) is 3.97. The van der Waals surface area contributed by atoms with Crippen LogP contribution in [0, 0.1) is 11.6 Å². The average Bonchev–Trinajstić information content (AvgIpc) is 2.42. The van der Waals surface area contributed by atoms with Gasteiger partial charge in [-0.2, -0.15) is 0 Å². The maximum atomic E-state index is 13.9.